The third-order valence-electron chi connectivity index (χ3n) is 4.91. The maximum Gasteiger partial charge on any atom is 0.344 e. The zero-order valence-electron chi connectivity index (χ0n) is 17.8. The van der Waals surface area contributed by atoms with Crippen LogP contribution in [0.1, 0.15) is 21.5 Å². The van der Waals surface area contributed by atoms with E-state index in [4.69, 9.17) is 9.47 Å². The fourth-order valence-electron chi connectivity index (χ4n) is 3.20. The molecule has 1 fully saturated rings. The van der Waals surface area contributed by atoms with Crippen molar-refractivity contribution in [2.45, 2.75) is 6.54 Å². The highest BCUT2D eigenvalue weighted by atomic mass is 127. The van der Waals surface area contributed by atoms with Gasteiger partial charge in [0.2, 0.25) is 0 Å². The molecule has 3 aromatic carbocycles. The Balaban J connectivity index is 1.52. The Hall–Kier alpha value is -2.38. The standard InChI is InChI=1S/C25H17I2NO5S/c1-32-21-12-16(8-11-20(21)33-24(30)18-4-2-3-5-19(18)27)13-22-23(29)28(25(31)34-22)14-15-6-9-17(26)10-7-15/h2-13H,14H2,1H3/b22-13-. The molecule has 0 saturated carbocycles. The molecule has 6 nitrogen and oxygen atoms in total. The van der Waals surface area contributed by atoms with E-state index in [1.165, 1.54) is 12.0 Å². The number of nitrogens with zero attached hydrogens (tertiary/aromatic N) is 1. The first-order valence-electron chi connectivity index (χ1n) is 10.0. The van der Waals surface area contributed by atoms with Gasteiger partial charge in [-0.05, 0) is 111 Å². The van der Waals surface area contributed by atoms with Crippen molar-refractivity contribution in [2.24, 2.45) is 0 Å². The molecule has 0 unspecified atom stereocenters. The summed E-state index contributed by atoms with van der Waals surface area (Å²) in [4.78, 5) is 39.4. The molecule has 9 heteroatoms. The van der Waals surface area contributed by atoms with Crippen molar-refractivity contribution < 1.29 is 23.9 Å². The Morgan fingerprint density at radius 3 is 2.44 bits per heavy atom. The van der Waals surface area contributed by atoms with Gasteiger partial charge in [0, 0.05) is 7.14 Å². The molecule has 1 aliphatic heterocycles. The molecule has 0 bridgehead atoms. The lowest BCUT2D eigenvalue weighted by molar-refractivity contribution is -0.123. The molecule has 4 rings (SSSR count). The predicted octanol–water partition coefficient (Wildman–Crippen LogP) is 6.36. The largest absolute Gasteiger partial charge is 0.493 e. The Labute approximate surface area is 228 Å². The quantitative estimate of drug-likeness (QED) is 0.129. The number of carbonyl (C=O) groups excluding carboxylic acids is 3. The van der Waals surface area contributed by atoms with Gasteiger partial charge in [-0.25, -0.2) is 4.79 Å². The Morgan fingerprint density at radius 2 is 1.74 bits per heavy atom. The van der Waals surface area contributed by atoms with Crippen molar-refractivity contribution in [1.29, 1.82) is 0 Å². The number of hydrogen-bond acceptors (Lipinski definition) is 6. The van der Waals surface area contributed by atoms with Gasteiger partial charge in [0.15, 0.2) is 11.5 Å². The van der Waals surface area contributed by atoms with Crippen molar-refractivity contribution in [3.05, 3.63) is 95.5 Å². The predicted molar refractivity (Wildman–Crippen MR) is 148 cm³/mol. The number of rotatable bonds is 6. The summed E-state index contributed by atoms with van der Waals surface area (Å²) >= 11 is 5.18. The summed E-state index contributed by atoms with van der Waals surface area (Å²) in [6, 6.07) is 19.8. The number of imide groups is 1. The number of ether oxygens (including phenoxy) is 2. The van der Waals surface area contributed by atoms with Crippen molar-refractivity contribution in [2.75, 3.05) is 7.11 Å². The van der Waals surface area contributed by atoms with Crippen LogP contribution in [0.5, 0.6) is 11.5 Å². The average molecular weight is 697 g/mol. The van der Waals surface area contributed by atoms with Crippen LogP contribution in [-0.4, -0.2) is 29.1 Å². The SMILES string of the molecule is COc1cc(/C=C2\SC(=O)N(Cc3ccc(I)cc3)C2=O)ccc1OC(=O)c1ccccc1I. The van der Waals surface area contributed by atoms with Crippen LogP contribution in [0, 0.1) is 7.14 Å². The minimum atomic E-state index is -0.493. The third-order valence-corrected chi connectivity index (χ3v) is 7.48. The van der Waals surface area contributed by atoms with Gasteiger partial charge in [-0.1, -0.05) is 30.3 Å². The molecule has 1 heterocycles. The molecular weight excluding hydrogens is 680 g/mol. The van der Waals surface area contributed by atoms with E-state index in [0.717, 1.165) is 24.5 Å². The molecular formula is C25H17I2NO5S. The van der Waals surface area contributed by atoms with Gasteiger partial charge >= 0.3 is 5.97 Å². The molecule has 1 aliphatic rings. The second-order valence-electron chi connectivity index (χ2n) is 7.17. The summed E-state index contributed by atoms with van der Waals surface area (Å²) in [6.07, 6.45) is 1.63. The van der Waals surface area contributed by atoms with Crippen LogP contribution >= 0.6 is 56.9 Å². The Kier molecular flexibility index (Phi) is 7.94. The fourth-order valence-corrected chi connectivity index (χ4v) is 5.01. The van der Waals surface area contributed by atoms with Gasteiger partial charge in [0.05, 0.1) is 24.1 Å². The van der Waals surface area contributed by atoms with Crippen molar-refractivity contribution in [3.8, 4) is 11.5 Å². The highest BCUT2D eigenvalue weighted by Gasteiger charge is 2.35. The molecule has 0 aliphatic carbocycles. The Morgan fingerprint density at radius 1 is 1.00 bits per heavy atom. The first-order chi connectivity index (χ1) is 16.4. The number of carbonyl (C=O) groups is 3. The summed E-state index contributed by atoms with van der Waals surface area (Å²) in [5, 5.41) is -0.315. The van der Waals surface area contributed by atoms with Gasteiger partial charge in [-0.3, -0.25) is 14.5 Å². The number of thioether (sulfide) groups is 1. The Bertz CT molecular complexity index is 1310. The van der Waals surface area contributed by atoms with E-state index < -0.39 is 5.97 Å². The summed E-state index contributed by atoms with van der Waals surface area (Å²) < 4.78 is 12.8. The van der Waals surface area contributed by atoms with Crippen LogP contribution in [0.15, 0.2) is 71.6 Å². The molecule has 0 aromatic heterocycles. The molecule has 1 saturated heterocycles. The van der Waals surface area contributed by atoms with Crippen LogP contribution in [0.3, 0.4) is 0 Å². The fraction of sp³-hybridized carbons (Fsp3) is 0.0800. The number of methoxy groups -OCH3 is 1. The number of amides is 2. The average Bonchev–Trinajstić information content (AvgIpc) is 3.08. The summed E-state index contributed by atoms with van der Waals surface area (Å²) in [5.74, 6) is -0.239. The summed E-state index contributed by atoms with van der Waals surface area (Å²) in [7, 11) is 1.47. The lowest BCUT2D eigenvalue weighted by Gasteiger charge is -2.12. The van der Waals surface area contributed by atoms with Crippen LogP contribution in [-0.2, 0) is 11.3 Å². The normalized spacial score (nSPS) is 14.6. The molecule has 2 amide bonds. The van der Waals surface area contributed by atoms with Crippen LogP contribution < -0.4 is 9.47 Å². The van der Waals surface area contributed by atoms with Gasteiger partial charge in [-0.2, -0.15) is 0 Å². The zero-order chi connectivity index (χ0) is 24.2. The van der Waals surface area contributed by atoms with Crippen LogP contribution in [0.4, 0.5) is 4.79 Å². The molecule has 0 spiro atoms. The highest BCUT2D eigenvalue weighted by Crippen LogP contribution is 2.35. The van der Waals surface area contributed by atoms with E-state index in [-0.39, 0.29) is 23.4 Å². The molecule has 0 atom stereocenters. The monoisotopic (exact) mass is 697 g/mol. The number of hydrogen-bond donors (Lipinski definition) is 0. The number of benzene rings is 3. The van der Waals surface area contributed by atoms with Gasteiger partial charge in [-0.15, -0.1) is 0 Å². The van der Waals surface area contributed by atoms with Crippen molar-refractivity contribution in [3.63, 3.8) is 0 Å². The van der Waals surface area contributed by atoms with E-state index in [0.29, 0.717) is 21.8 Å². The second kappa shape index (κ2) is 10.9. The van der Waals surface area contributed by atoms with Crippen molar-refractivity contribution in [1.82, 2.24) is 4.90 Å². The van der Waals surface area contributed by atoms with E-state index >= 15 is 0 Å². The van der Waals surface area contributed by atoms with E-state index in [9.17, 15) is 14.4 Å². The third kappa shape index (κ3) is 5.63. The maximum atomic E-state index is 12.9. The first kappa shape index (κ1) is 24.7. The molecule has 0 N–H and O–H groups in total. The lowest BCUT2D eigenvalue weighted by atomic mass is 10.1. The number of halogens is 2. The molecule has 3 aromatic rings. The molecule has 172 valence electrons. The molecule has 0 radical (unpaired) electrons. The van der Waals surface area contributed by atoms with E-state index in [2.05, 4.69) is 45.2 Å². The number of esters is 1. The lowest BCUT2D eigenvalue weighted by Crippen LogP contribution is -2.27. The van der Waals surface area contributed by atoms with Crippen molar-refractivity contribution >= 4 is 80.1 Å². The zero-order valence-corrected chi connectivity index (χ0v) is 22.9. The van der Waals surface area contributed by atoms with Gasteiger partial charge in [0.1, 0.15) is 0 Å². The topological polar surface area (TPSA) is 72.9 Å². The maximum absolute atomic E-state index is 12.9. The summed E-state index contributed by atoms with van der Waals surface area (Å²) in [5.41, 5.74) is 1.98. The van der Waals surface area contributed by atoms with E-state index in [1.807, 2.05) is 36.4 Å². The second-order valence-corrected chi connectivity index (χ2v) is 10.6. The highest BCUT2D eigenvalue weighted by molar-refractivity contribution is 14.1. The van der Waals surface area contributed by atoms with Gasteiger partial charge in [0.25, 0.3) is 11.1 Å². The first-order valence-corrected chi connectivity index (χ1v) is 13.0. The smallest absolute Gasteiger partial charge is 0.344 e. The van der Waals surface area contributed by atoms with Crippen LogP contribution in [0.2, 0.25) is 0 Å². The van der Waals surface area contributed by atoms with Crippen LogP contribution in [0.25, 0.3) is 6.08 Å². The minimum absolute atomic E-state index is 0.218. The van der Waals surface area contributed by atoms with E-state index in [1.54, 1.807) is 36.4 Å². The van der Waals surface area contributed by atoms with Gasteiger partial charge < -0.3 is 9.47 Å². The summed E-state index contributed by atoms with van der Waals surface area (Å²) in [6.45, 7) is 0.218. The minimum Gasteiger partial charge on any atom is -0.493 e. The molecule has 34 heavy (non-hydrogen) atoms.